The lowest BCUT2D eigenvalue weighted by atomic mass is 10.1. The SMILES string of the molecule is COC(CN)C(=O)N1CCN(CC(C)(C)O)CC1. The van der Waals surface area contributed by atoms with Crippen LogP contribution in [0, 0.1) is 0 Å². The summed E-state index contributed by atoms with van der Waals surface area (Å²) < 4.78 is 5.05. The van der Waals surface area contributed by atoms with E-state index in [1.54, 1.807) is 18.7 Å². The average Bonchev–Trinajstić information content (AvgIpc) is 2.29. The third-order valence-electron chi connectivity index (χ3n) is 3.07. The van der Waals surface area contributed by atoms with Gasteiger partial charge in [-0.15, -0.1) is 0 Å². The van der Waals surface area contributed by atoms with Gasteiger partial charge >= 0.3 is 0 Å². The quantitative estimate of drug-likeness (QED) is 0.653. The van der Waals surface area contributed by atoms with E-state index in [4.69, 9.17) is 10.5 Å². The summed E-state index contributed by atoms with van der Waals surface area (Å²) in [6.07, 6.45) is -0.536. The van der Waals surface area contributed by atoms with E-state index in [0.29, 0.717) is 19.6 Å². The van der Waals surface area contributed by atoms with Gasteiger partial charge in [0.15, 0.2) is 0 Å². The van der Waals surface area contributed by atoms with Crippen molar-refractivity contribution in [3.8, 4) is 0 Å². The number of hydrogen-bond donors (Lipinski definition) is 2. The highest BCUT2D eigenvalue weighted by Crippen LogP contribution is 2.09. The maximum atomic E-state index is 12.0. The monoisotopic (exact) mass is 259 g/mol. The van der Waals surface area contributed by atoms with Crippen LogP contribution in [0.1, 0.15) is 13.8 Å². The number of aliphatic hydroxyl groups is 1. The van der Waals surface area contributed by atoms with Crippen molar-refractivity contribution in [2.24, 2.45) is 5.73 Å². The second-order valence-corrected chi connectivity index (χ2v) is 5.37. The fourth-order valence-electron chi connectivity index (χ4n) is 2.18. The number of β-amino-alcohol motifs (C(OH)–C–C–N with tert-alkyl or cyclic N) is 1. The minimum atomic E-state index is -0.696. The normalized spacial score (nSPS) is 19.9. The van der Waals surface area contributed by atoms with E-state index in [1.165, 1.54) is 7.11 Å². The molecule has 1 rings (SSSR count). The molecule has 1 aliphatic heterocycles. The maximum absolute atomic E-state index is 12.0. The highest BCUT2D eigenvalue weighted by Gasteiger charge is 2.28. The molecule has 1 atom stereocenters. The van der Waals surface area contributed by atoms with Crippen molar-refractivity contribution in [2.45, 2.75) is 25.6 Å². The summed E-state index contributed by atoms with van der Waals surface area (Å²) in [5.41, 5.74) is 4.79. The van der Waals surface area contributed by atoms with E-state index in [1.807, 2.05) is 0 Å². The van der Waals surface area contributed by atoms with Crippen LogP contribution in [0.5, 0.6) is 0 Å². The summed E-state index contributed by atoms with van der Waals surface area (Å²) in [4.78, 5) is 15.9. The van der Waals surface area contributed by atoms with Crippen LogP contribution in [-0.2, 0) is 9.53 Å². The molecule has 3 N–H and O–H groups in total. The zero-order valence-electron chi connectivity index (χ0n) is 11.6. The highest BCUT2D eigenvalue weighted by atomic mass is 16.5. The lowest BCUT2D eigenvalue weighted by molar-refractivity contribution is -0.143. The first-order valence-electron chi connectivity index (χ1n) is 6.34. The fourth-order valence-corrected chi connectivity index (χ4v) is 2.18. The molecule has 18 heavy (non-hydrogen) atoms. The molecule has 0 aliphatic carbocycles. The first-order valence-corrected chi connectivity index (χ1v) is 6.34. The fraction of sp³-hybridized carbons (Fsp3) is 0.917. The van der Waals surface area contributed by atoms with Gasteiger partial charge in [0, 0.05) is 46.4 Å². The standard InChI is InChI=1S/C12H25N3O3/c1-12(2,17)9-14-4-6-15(7-5-14)11(16)10(8-13)18-3/h10,17H,4-9,13H2,1-3H3. The third kappa shape index (κ3) is 4.53. The van der Waals surface area contributed by atoms with E-state index < -0.39 is 11.7 Å². The first-order chi connectivity index (χ1) is 8.37. The molecular weight excluding hydrogens is 234 g/mol. The molecule has 6 heteroatoms. The molecule has 1 heterocycles. The van der Waals surface area contributed by atoms with Crippen molar-refractivity contribution < 1.29 is 14.6 Å². The Kier molecular flexibility index (Phi) is 5.52. The second-order valence-electron chi connectivity index (χ2n) is 5.37. The predicted molar refractivity (Wildman–Crippen MR) is 69.2 cm³/mol. The molecule has 1 fully saturated rings. The van der Waals surface area contributed by atoms with E-state index >= 15 is 0 Å². The smallest absolute Gasteiger partial charge is 0.253 e. The molecule has 106 valence electrons. The molecule has 0 saturated carbocycles. The number of ether oxygens (including phenoxy) is 1. The number of carbonyl (C=O) groups is 1. The van der Waals surface area contributed by atoms with Crippen LogP contribution in [0.2, 0.25) is 0 Å². The largest absolute Gasteiger partial charge is 0.389 e. The lowest BCUT2D eigenvalue weighted by Gasteiger charge is -2.38. The van der Waals surface area contributed by atoms with Gasteiger partial charge in [-0.05, 0) is 13.8 Å². The van der Waals surface area contributed by atoms with Crippen LogP contribution in [0.3, 0.4) is 0 Å². The van der Waals surface area contributed by atoms with E-state index in [9.17, 15) is 9.90 Å². The van der Waals surface area contributed by atoms with Gasteiger partial charge in [0.25, 0.3) is 5.91 Å². The van der Waals surface area contributed by atoms with Crippen molar-refractivity contribution in [1.29, 1.82) is 0 Å². The van der Waals surface area contributed by atoms with Crippen molar-refractivity contribution in [2.75, 3.05) is 46.4 Å². The van der Waals surface area contributed by atoms with E-state index in [-0.39, 0.29) is 12.5 Å². The Labute approximate surface area is 109 Å². The van der Waals surface area contributed by atoms with Crippen LogP contribution < -0.4 is 5.73 Å². The summed E-state index contributed by atoms with van der Waals surface area (Å²) >= 11 is 0. The van der Waals surface area contributed by atoms with Gasteiger partial charge in [0.05, 0.1) is 5.60 Å². The highest BCUT2D eigenvalue weighted by molar-refractivity contribution is 5.81. The maximum Gasteiger partial charge on any atom is 0.253 e. The minimum Gasteiger partial charge on any atom is -0.389 e. The van der Waals surface area contributed by atoms with E-state index in [2.05, 4.69) is 4.90 Å². The van der Waals surface area contributed by atoms with Crippen LogP contribution in [0.25, 0.3) is 0 Å². The predicted octanol–water partition coefficient (Wildman–Crippen LogP) is -1.12. The Bertz CT molecular complexity index is 266. The average molecular weight is 259 g/mol. The molecule has 1 amide bonds. The number of nitrogens with zero attached hydrogens (tertiary/aromatic N) is 2. The molecule has 0 aromatic rings. The van der Waals surface area contributed by atoms with Crippen LogP contribution in [0.15, 0.2) is 0 Å². The molecule has 0 radical (unpaired) electrons. The Morgan fingerprint density at radius 1 is 1.39 bits per heavy atom. The molecular formula is C12H25N3O3. The zero-order valence-corrected chi connectivity index (χ0v) is 11.6. The number of amides is 1. The number of rotatable bonds is 5. The van der Waals surface area contributed by atoms with Crippen LogP contribution in [-0.4, -0.2) is 78.9 Å². The molecule has 0 aromatic carbocycles. The summed E-state index contributed by atoms with van der Waals surface area (Å²) in [6.45, 7) is 7.29. The Hall–Kier alpha value is -0.690. The van der Waals surface area contributed by atoms with Gasteiger partial charge in [-0.2, -0.15) is 0 Å². The zero-order chi connectivity index (χ0) is 13.8. The third-order valence-corrected chi connectivity index (χ3v) is 3.07. The number of piperazine rings is 1. The molecule has 6 nitrogen and oxygen atoms in total. The van der Waals surface area contributed by atoms with Gasteiger partial charge in [0.1, 0.15) is 6.10 Å². The summed E-state index contributed by atoms with van der Waals surface area (Å²) in [5.74, 6) is -0.0390. The summed E-state index contributed by atoms with van der Waals surface area (Å²) in [6, 6.07) is 0. The first kappa shape index (κ1) is 15.4. The number of nitrogens with two attached hydrogens (primary N) is 1. The summed E-state index contributed by atoms with van der Waals surface area (Å²) in [5, 5.41) is 9.75. The minimum absolute atomic E-state index is 0.0390. The Morgan fingerprint density at radius 3 is 2.33 bits per heavy atom. The lowest BCUT2D eigenvalue weighted by Crippen LogP contribution is -2.54. The van der Waals surface area contributed by atoms with E-state index in [0.717, 1.165) is 13.1 Å². The van der Waals surface area contributed by atoms with Gasteiger partial charge in [-0.25, -0.2) is 0 Å². The molecule has 0 spiro atoms. The second kappa shape index (κ2) is 6.47. The molecule has 1 aliphatic rings. The van der Waals surface area contributed by atoms with Gasteiger partial charge in [-0.3, -0.25) is 9.69 Å². The summed E-state index contributed by atoms with van der Waals surface area (Å²) in [7, 11) is 1.50. The molecule has 1 unspecified atom stereocenters. The number of carbonyl (C=O) groups excluding carboxylic acids is 1. The van der Waals surface area contributed by atoms with Crippen molar-refractivity contribution >= 4 is 5.91 Å². The van der Waals surface area contributed by atoms with Crippen molar-refractivity contribution in [3.05, 3.63) is 0 Å². The van der Waals surface area contributed by atoms with Crippen LogP contribution >= 0.6 is 0 Å². The Morgan fingerprint density at radius 2 is 1.94 bits per heavy atom. The Balaban J connectivity index is 2.41. The topological polar surface area (TPSA) is 79.0 Å². The number of hydrogen-bond acceptors (Lipinski definition) is 5. The molecule has 0 bridgehead atoms. The van der Waals surface area contributed by atoms with Crippen molar-refractivity contribution in [1.82, 2.24) is 9.80 Å². The van der Waals surface area contributed by atoms with Gasteiger partial charge in [0.2, 0.25) is 0 Å². The van der Waals surface area contributed by atoms with Gasteiger partial charge < -0.3 is 20.5 Å². The molecule has 0 aromatic heterocycles. The van der Waals surface area contributed by atoms with Gasteiger partial charge in [-0.1, -0.05) is 0 Å². The number of methoxy groups -OCH3 is 1. The van der Waals surface area contributed by atoms with Crippen molar-refractivity contribution in [3.63, 3.8) is 0 Å². The molecule has 1 saturated heterocycles. The van der Waals surface area contributed by atoms with Crippen LogP contribution in [0.4, 0.5) is 0 Å².